The van der Waals surface area contributed by atoms with E-state index in [2.05, 4.69) is 15.2 Å². The standard InChI is InChI=1S/C18H17ClN4O2/c1-11(2)17-18(23-10-13(19)5-8-15(23)20-17)22-21-14-6-3-12(4-7-14)9-16(24)25/h3-8,10-11H,9H2,1-2H3,(H,24,25). The van der Waals surface area contributed by atoms with Crippen molar-refractivity contribution in [3.8, 4) is 0 Å². The van der Waals surface area contributed by atoms with Crippen molar-refractivity contribution in [3.63, 3.8) is 0 Å². The molecule has 0 saturated heterocycles. The van der Waals surface area contributed by atoms with E-state index in [9.17, 15) is 4.79 Å². The number of imidazole rings is 1. The molecule has 0 saturated carbocycles. The zero-order valence-electron chi connectivity index (χ0n) is 13.8. The second kappa shape index (κ2) is 7.03. The fourth-order valence-corrected chi connectivity index (χ4v) is 2.63. The second-order valence-corrected chi connectivity index (χ2v) is 6.42. The molecule has 0 aliphatic heterocycles. The number of benzene rings is 1. The first-order valence-corrected chi connectivity index (χ1v) is 8.22. The molecule has 0 aliphatic carbocycles. The number of fused-ring (bicyclic) bond motifs is 1. The van der Waals surface area contributed by atoms with E-state index in [1.807, 2.05) is 24.3 Å². The van der Waals surface area contributed by atoms with Gasteiger partial charge in [-0.25, -0.2) is 4.98 Å². The van der Waals surface area contributed by atoms with Crippen molar-refractivity contribution in [3.05, 3.63) is 58.9 Å². The van der Waals surface area contributed by atoms with Gasteiger partial charge < -0.3 is 5.11 Å². The first-order chi connectivity index (χ1) is 11.9. The van der Waals surface area contributed by atoms with Crippen molar-refractivity contribution < 1.29 is 9.90 Å². The summed E-state index contributed by atoms with van der Waals surface area (Å²) in [4.78, 5) is 15.3. The molecular weight excluding hydrogens is 340 g/mol. The summed E-state index contributed by atoms with van der Waals surface area (Å²) in [5.74, 6) is -0.0359. The highest BCUT2D eigenvalue weighted by Gasteiger charge is 2.15. The lowest BCUT2D eigenvalue weighted by Crippen LogP contribution is -1.99. The van der Waals surface area contributed by atoms with Gasteiger partial charge in [0.05, 0.1) is 22.8 Å². The van der Waals surface area contributed by atoms with Crippen LogP contribution in [-0.2, 0) is 11.2 Å². The van der Waals surface area contributed by atoms with Crippen molar-refractivity contribution in [2.45, 2.75) is 26.2 Å². The number of halogens is 1. The molecule has 2 aromatic heterocycles. The minimum atomic E-state index is -0.862. The number of rotatable bonds is 5. The van der Waals surface area contributed by atoms with Crippen molar-refractivity contribution in [1.82, 2.24) is 9.38 Å². The van der Waals surface area contributed by atoms with Crippen LogP contribution >= 0.6 is 11.6 Å². The molecule has 3 aromatic rings. The smallest absolute Gasteiger partial charge is 0.307 e. The van der Waals surface area contributed by atoms with E-state index in [0.29, 0.717) is 16.5 Å². The predicted octanol–water partition coefficient (Wildman–Crippen LogP) is 5.15. The molecule has 0 aliphatic rings. The number of carbonyl (C=O) groups is 1. The van der Waals surface area contributed by atoms with Gasteiger partial charge in [-0.05, 0) is 35.7 Å². The first-order valence-electron chi connectivity index (χ1n) is 7.84. The van der Waals surface area contributed by atoms with Gasteiger partial charge in [0.2, 0.25) is 0 Å². The maximum Gasteiger partial charge on any atom is 0.307 e. The van der Waals surface area contributed by atoms with Crippen LogP contribution < -0.4 is 0 Å². The lowest BCUT2D eigenvalue weighted by atomic mass is 10.1. The third-order valence-electron chi connectivity index (χ3n) is 3.68. The third kappa shape index (κ3) is 3.85. The van der Waals surface area contributed by atoms with Crippen LogP contribution in [0.3, 0.4) is 0 Å². The van der Waals surface area contributed by atoms with E-state index in [4.69, 9.17) is 16.7 Å². The molecule has 0 fully saturated rings. The lowest BCUT2D eigenvalue weighted by Gasteiger charge is -2.02. The number of aliphatic carboxylic acids is 1. The highest BCUT2D eigenvalue weighted by Crippen LogP contribution is 2.30. The Kier molecular flexibility index (Phi) is 4.81. The number of hydrogen-bond acceptors (Lipinski definition) is 4. The Bertz CT molecular complexity index is 946. The summed E-state index contributed by atoms with van der Waals surface area (Å²) >= 11 is 6.09. The Labute approximate surface area is 149 Å². The molecule has 6 nitrogen and oxygen atoms in total. The zero-order chi connectivity index (χ0) is 18.0. The zero-order valence-corrected chi connectivity index (χ0v) is 14.6. The van der Waals surface area contributed by atoms with Crippen molar-refractivity contribution in [1.29, 1.82) is 0 Å². The largest absolute Gasteiger partial charge is 0.481 e. The van der Waals surface area contributed by atoms with Gasteiger partial charge in [-0.3, -0.25) is 9.20 Å². The molecule has 0 bridgehead atoms. The summed E-state index contributed by atoms with van der Waals surface area (Å²) in [5.41, 5.74) is 2.96. The molecule has 0 amide bonds. The van der Waals surface area contributed by atoms with Gasteiger partial charge in [-0.2, -0.15) is 0 Å². The van der Waals surface area contributed by atoms with E-state index in [0.717, 1.165) is 16.9 Å². The van der Waals surface area contributed by atoms with Crippen LogP contribution in [0.15, 0.2) is 52.8 Å². The van der Waals surface area contributed by atoms with E-state index in [-0.39, 0.29) is 12.3 Å². The van der Waals surface area contributed by atoms with Gasteiger partial charge in [-0.1, -0.05) is 37.6 Å². The SMILES string of the molecule is CC(C)c1nc2ccc(Cl)cn2c1N=Nc1ccc(CC(=O)O)cc1. The van der Waals surface area contributed by atoms with Gasteiger partial charge in [0.1, 0.15) is 5.65 Å². The molecule has 3 rings (SSSR count). The van der Waals surface area contributed by atoms with E-state index >= 15 is 0 Å². The van der Waals surface area contributed by atoms with Crippen LogP contribution in [0.4, 0.5) is 11.5 Å². The van der Waals surface area contributed by atoms with Crippen molar-refractivity contribution in [2.24, 2.45) is 10.2 Å². The van der Waals surface area contributed by atoms with Crippen LogP contribution in [0.5, 0.6) is 0 Å². The third-order valence-corrected chi connectivity index (χ3v) is 3.91. The highest BCUT2D eigenvalue weighted by atomic mass is 35.5. The molecule has 0 unspecified atom stereocenters. The van der Waals surface area contributed by atoms with Crippen LogP contribution in [0.2, 0.25) is 5.02 Å². The van der Waals surface area contributed by atoms with Gasteiger partial charge in [0.15, 0.2) is 5.82 Å². The first kappa shape index (κ1) is 17.1. The molecule has 2 heterocycles. The monoisotopic (exact) mass is 356 g/mol. The van der Waals surface area contributed by atoms with Crippen LogP contribution in [-0.4, -0.2) is 20.5 Å². The quantitative estimate of drug-likeness (QED) is 0.641. The summed E-state index contributed by atoms with van der Waals surface area (Å²) in [6, 6.07) is 10.6. The summed E-state index contributed by atoms with van der Waals surface area (Å²) < 4.78 is 1.82. The van der Waals surface area contributed by atoms with E-state index < -0.39 is 5.97 Å². The summed E-state index contributed by atoms with van der Waals surface area (Å²) in [7, 11) is 0. The minimum Gasteiger partial charge on any atom is -0.481 e. The number of aromatic nitrogens is 2. The maximum absolute atomic E-state index is 10.7. The van der Waals surface area contributed by atoms with Gasteiger partial charge in [0.25, 0.3) is 0 Å². The predicted molar refractivity (Wildman–Crippen MR) is 96.2 cm³/mol. The van der Waals surface area contributed by atoms with Crippen molar-refractivity contribution in [2.75, 3.05) is 0 Å². The second-order valence-electron chi connectivity index (χ2n) is 5.99. The highest BCUT2D eigenvalue weighted by molar-refractivity contribution is 6.30. The fraction of sp³-hybridized carbons (Fsp3) is 0.222. The molecule has 0 spiro atoms. The molecule has 0 atom stereocenters. The number of azo groups is 1. The van der Waals surface area contributed by atoms with E-state index in [1.54, 1.807) is 36.5 Å². The molecule has 1 N–H and O–H groups in total. The number of hydrogen-bond donors (Lipinski definition) is 1. The fourth-order valence-electron chi connectivity index (χ4n) is 2.47. The summed E-state index contributed by atoms with van der Waals surface area (Å²) in [5, 5.41) is 18.0. The minimum absolute atomic E-state index is 0.0132. The normalized spacial score (nSPS) is 11.7. The average Bonchev–Trinajstić information content (AvgIpc) is 2.92. The Morgan fingerprint density at radius 2 is 1.92 bits per heavy atom. The summed E-state index contributed by atoms with van der Waals surface area (Å²) in [6.45, 7) is 4.09. The van der Waals surface area contributed by atoms with Crippen LogP contribution in [0.25, 0.3) is 5.65 Å². The Morgan fingerprint density at radius 3 is 2.56 bits per heavy atom. The lowest BCUT2D eigenvalue weighted by molar-refractivity contribution is -0.136. The van der Waals surface area contributed by atoms with Gasteiger partial charge >= 0.3 is 5.97 Å². The Hall–Kier alpha value is -2.73. The Balaban J connectivity index is 1.96. The van der Waals surface area contributed by atoms with Crippen molar-refractivity contribution >= 4 is 34.7 Å². The summed E-state index contributed by atoms with van der Waals surface area (Å²) in [6.07, 6.45) is 1.75. The molecule has 0 radical (unpaired) electrons. The Morgan fingerprint density at radius 1 is 1.20 bits per heavy atom. The maximum atomic E-state index is 10.7. The average molecular weight is 357 g/mol. The number of nitrogens with zero attached hydrogens (tertiary/aromatic N) is 4. The molecule has 1 aromatic carbocycles. The van der Waals surface area contributed by atoms with Gasteiger partial charge in [0, 0.05) is 6.20 Å². The van der Waals surface area contributed by atoms with Gasteiger partial charge in [-0.15, -0.1) is 10.2 Å². The number of carboxylic acids is 1. The molecule has 128 valence electrons. The van der Waals surface area contributed by atoms with Crippen LogP contribution in [0, 0.1) is 0 Å². The number of pyridine rings is 1. The molecular formula is C18H17ClN4O2. The topological polar surface area (TPSA) is 79.3 Å². The van der Waals surface area contributed by atoms with E-state index in [1.165, 1.54) is 0 Å². The molecule has 25 heavy (non-hydrogen) atoms. The van der Waals surface area contributed by atoms with Crippen LogP contribution in [0.1, 0.15) is 31.0 Å². The molecule has 7 heteroatoms. The number of carboxylic acid groups (broad SMARTS) is 1.